The number of nitrogens with zero attached hydrogens (tertiary/aromatic N) is 1. The number of aliphatic carboxylic acids is 3. The maximum Gasteiger partial charge on any atom is 0.311 e. The van der Waals surface area contributed by atoms with Crippen molar-refractivity contribution in [3.8, 4) is 0 Å². The number of unbranched alkanes of at least 4 members (excludes halogenated alkanes) is 14. The van der Waals surface area contributed by atoms with Gasteiger partial charge in [-0.1, -0.05) is 97.3 Å². The molecule has 216 valence electrons. The van der Waals surface area contributed by atoms with Crippen molar-refractivity contribution >= 4 is 17.9 Å². The van der Waals surface area contributed by atoms with Crippen LogP contribution < -0.4 is 5.11 Å². The van der Waals surface area contributed by atoms with E-state index in [1.165, 1.54) is 84.0 Å². The van der Waals surface area contributed by atoms with E-state index in [2.05, 4.69) is 6.92 Å². The predicted octanol–water partition coefficient (Wildman–Crippen LogP) is 6.02. The van der Waals surface area contributed by atoms with Gasteiger partial charge in [0.2, 0.25) is 0 Å². The van der Waals surface area contributed by atoms with Gasteiger partial charge in [-0.3, -0.25) is 14.1 Å². The van der Waals surface area contributed by atoms with Crippen molar-refractivity contribution in [2.24, 2.45) is 17.8 Å². The lowest BCUT2D eigenvalue weighted by atomic mass is 10.0. The van der Waals surface area contributed by atoms with Gasteiger partial charge in [-0.2, -0.15) is 0 Å². The average Bonchev–Trinajstić information content (AvgIpc) is 2.83. The summed E-state index contributed by atoms with van der Waals surface area (Å²) in [5.74, 6) is -5.47. The molecule has 0 aromatic carbocycles. The summed E-state index contributed by atoms with van der Waals surface area (Å²) in [5, 5.41) is 30.4. The van der Waals surface area contributed by atoms with Crippen molar-refractivity contribution in [2.45, 2.75) is 124 Å². The third kappa shape index (κ3) is 18.1. The van der Waals surface area contributed by atoms with Crippen molar-refractivity contribution in [1.82, 2.24) is 0 Å². The summed E-state index contributed by atoms with van der Waals surface area (Å²) in [7, 11) is 0. The van der Waals surface area contributed by atoms with E-state index in [1.807, 2.05) is 12.3 Å². The summed E-state index contributed by atoms with van der Waals surface area (Å²) in [6.07, 6.45) is 22.7. The van der Waals surface area contributed by atoms with E-state index in [1.54, 1.807) is 13.8 Å². The SMILES string of the molecule is CCCCCCCCCCCCCCCC/C=C/[N+](CC(C)C(=O)[O-])(CC(C)C(=O)O)CC(C)C(=O)O. The summed E-state index contributed by atoms with van der Waals surface area (Å²) in [4.78, 5) is 34.6. The van der Waals surface area contributed by atoms with Crippen LogP contribution >= 0.6 is 0 Å². The molecule has 0 bridgehead atoms. The Morgan fingerprint density at radius 3 is 1.35 bits per heavy atom. The van der Waals surface area contributed by atoms with Gasteiger partial charge >= 0.3 is 11.9 Å². The predicted molar refractivity (Wildman–Crippen MR) is 147 cm³/mol. The lowest BCUT2D eigenvalue weighted by molar-refractivity contribution is -0.886. The van der Waals surface area contributed by atoms with E-state index in [0.717, 1.165) is 19.3 Å². The highest BCUT2D eigenvalue weighted by molar-refractivity contribution is 5.70. The molecule has 0 rings (SSSR count). The van der Waals surface area contributed by atoms with Gasteiger partial charge in [-0.15, -0.1) is 0 Å². The maximum atomic E-state index is 11.6. The summed E-state index contributed by atoms with van der Waals surface area (Å²) in [6.45, 7) is 7.31. The largest absolute Gasteiger partial charge is 0.550 e. The minimum Gasteiger partial charge on any atom is -0.550 e. The van der Waals surface area contributed by atoms with Gasteiger partial charge in [0.25, 0.3) is 0 Å². The van der Waals surface area contributed by atoms with E-state index in [0.29, 0.717) is 0 Å². The molecule has 37 heavy (non-hydrogen) atoms. The fourth-order valence-corrected chi connectivity index (χ4v) is 5.03. The molecule has 0 aromatic heterocycles. The number of carboxylic acids is 3. The Morgan fingerprint density at radius 1 is 0.649 bits per heavy atom. The Bertz CT molecular complexity index is 607. The molecule has 0 amide bonds. The molecule has 3 unspecified atom stereocenters. The Hall–Kier alpha value is -1.89. The third-order valence-electron chi connectivity index (χ3n) is 7.30. The molecule has 7 nitrogen and oxygen atoms in total. The Labute approximate surface area is 225 Å². The van der Waals surface area contributed by atoms with Crippen LogP contribution in [0.1, 0.15) is 124 Å². The number of allylic oxidation sites excluding steroid dienone is 1. The van der Waals surface area contributed by atoms with Crippen LogP contribution in [0.2, 0.25) is 0 Å². The van der Waals surface area contributed by atoms with Gasteiger partial charge < -0.3 is 20.1 Å². The molecular weight excluding hydrogens is 470 g/mol. The van der Waals surface area contributed by atoms with Gasteiger partial charge in [-0.25, -0.2) is 0 Å². The second kappa shape index (κ2) is 21.1. The summed E-state index contributed by atoms with van der Waals surface area (Å²) >= 11 is 0. The quantitative estimate of drug-likeness (QED) is 0.111. The van der Waals surface area contributed by atoms with Gasteiger partial charge in [-0.05, 0) is 32.8 Å². The van der Waals surface area contributed by atoms with Crippen LogP contribution in [0.5, 0.6) is 0 Å². The first kappa shape index (κ1) is 35.1. The molecule has 0 aromatic rings. The highest BCUT2D eigenvalue weighted by Crippen LogP contribution is 2.22. The first-order chi connectivity index (χ1) is 17.5. The number of hydrogen-bond donors (Lipinski definition) is 2. The lowest BCUT2D eigenvalue weighted by Crippen LogP contribution is -2.54. The minimum absolute atomic E-state index is 0.00861. The van der Waals surface area contributed by atoms with Crippen molar-refractivity contribution < 1.29 is 34.2 Å². The maximum absolute atomic E-state index is 11.6. The van der Waals surface area contributed by atoms with E-state index >= 15 is 0 Å². The molecule has 0 saturated heterocycles. The van der Waals surface area contributed by atoms with Gasteiger partial charge in [0.05, 0.1) is 25.8 Å². The number of quaternary nitrogens is 1. The van der Waals surface area contributed by atoms with E-state index < -0.39 is 35.7 Å². The third-order valence-corrected chi connectivity index (χ3v) is 7.30. The van der Waals surface area contributed by atoms with Crippen LogP contribution in [-0.2, 0) is 14.4 Å². The molecule has 3 atom stereocenters. The average molecular weight is 526 g/mol. The number of carbonyl (C=O) groups is 3. The molecule has 0 aliphatic carbocycles. The van der Waals surface area contributed by atoms with Crippen LogP contribution in [0, 0.1) is 17.8 Å². The number of hydrogen-bond acceptors (Lipinski definition) is 4. The number of carboxylic acid groups (broad SMARTS) is 3. The first-order valence-corrected chi connectivity index (χ1v) is 14.7. The smallest absolute Gasteiger partial charge is 0.311 e. The van der Waals surface area contributed by atoms with Gasteiger partial charge in [0.1, 0.15) is 11.8 Å². The number of rotatable bonds is 25. The Kier molecular flexibility index (Phi) is 20.0. The molecule has 0 saturated carbocycles. The normalized spacial score (nSPS) is 15.8. The zero-order chi connectivity index (χ0) is 28.1. The zero-order valence-electron chi connectivity index (χ0n) is 24.1. The molecule has 0 spiro atoms. The molecule has 0 heterocycles. The standard InChI is InChI=1S/C30H55NO6/c1-5-6-7-8-9-10-11-12-13-14-15-16-17-18-19-20-21-31(22-25(2)28(32)33,23-26(3)29(34)35)24-27(4)30(36)37/h20-21,25-27H,5-19,22-24H2,1-4H3,(H2-,32,33,34,35,36,37)/b21-20+. The molecule has 7 heteroatoms. The molecule has 0 aliphatic rings. The van der Waals surface area contributed by atoms with E-state index in [9.17, 15) is 29.7 Å². The summed E-state index contributed by atoms with van der Waals surface area (Å²) in [6, 6.07) is 0. The fraction of sp³-hybridized carbons (Fsp3) is 0.833. The van der Waals surface area contributed by atoms with Crippen LogP contribution in [0.15, 0.2) is 12.3 Å². The van der Waals surface area contributed by atoms with Crippen LogP contribution in [0.25, 0.3) is 0 Å². The van der Waals surface area contributed by atoms with Crippen molar-refractivity contribution in [3.63, 3.8) is 0 Å². The van der Waals surface area contributed by atoms with Crippen LogP contribution in [-0.4, -0.2) is 52.2 Å². The van der Waals surface area contributed by atoms with E-state index in [4.69, 9.17) is 0 Å². The Morgan fingerprint density at radius 2 is 1.00 bits per heavy atom. The summed E-state index contributed by atoms with van der Waals surface area (Å²) in [5.41, 5.74) is 0. The molecular formula is C30H55NO6. The van der Waals surface area contributed by atoms with Gasteiger partial charge in [0, 0.05) is 11.9 Å². The fourth-order valence-electron chi connectivity index (χ4n) is 5.03. The van der Waals surface area contributed by atoms with E-state index in [-0.39, 0.29) is 24.1 Å². The van der Waals surface area contributed by atoms with Crippen molar-refractivity contribution in [1.29, 1.82) is 0 Å². The van der Waals surface area contributed by atoms with Crippen molar-refractivity contribution in [3.05, 3.63) is 12.3 Å². The monoisotopic (exact) mass is 525 g/mol. The molecule has 0 fully saturated rings. The molecule has 0 aliphatic heterocycles. The highest BCUT2D eigenvalue weighted by Gasteiger charge is 2.35. The first-order valence-electron chi connectivity index (χ1n) is 14.7. The minimum atomic E-state index is -1.21. The topological polar surface area (TPSA) is 115 Å². The molecule has 0 radical (unpaired) electrons. The van der Waals surface area contributed by atoms with Crippen molar-refractivity contribution in [2.75, 3.05) is 19.6 Å². The number of carbonyl (C=O) groups excluding carboxylic acids is 1. The summed E-state index contributed by atoms with van der Waals surface area (Å²) < 4.78 is 0.00861. The lowest BCUT2D eigenvalue weighted by Gasteiger charge is -2.39. The second-order valence-corrected chi connectivity index (χ2v) is 11.2. The van der Waals surface area contributed by atoms with Crippen LogP contribution in [0.3, 0.4) is 0 Å². The zero-order valence-corrected chi connectivity index (χ0v) is 24.1. The molecule has 2 N–H and O–H groups in total. The second-order valence-electron chi connectivity index (χ2n) is 11.2. The Balaban J connectivity index is 4.60. The van der Waals surface area contributed by atoms with Gasteiger partial charge in [0.15, 0.2) is 0 Å². The van der Waals surface area contributed by atoms with Crippen LogP contribution in [0.4, 0.5) is 0 Å². The highest BCUT2D eigenvalue weighted by atomic mass is 16.4.